The molecule has 0 saturated carbocycles. The van der Waals surface area contributed by atoms with Gasteiger partial charge in [-0.3, -0.25) is 0 Å². The number of nitrogens with one attached hydrogen (secondary N) is 2. The van der Waals surface area contributed by atoms with Crippen LogP contribution in [0, 0.1) is 0 Å². The number of anilines is 2. The highest BCUT2D eigenvalue weighted by atomic mass is 32.1. The van der Waals surface area contributed by atoms with E-state index in [1.165, 1.54) is 0 Å². The first-order chi connectivity index (χ1) is 11.2. The Labute approximate surface area is 140 Å². The predicted molar refractivity (Wildman–Crippen MR) is 94.2 cm³/mol. The molecule has 0 aliphatic carbocycles. The third kappa shape index (κ3) is 4.24. The lowest BCUT2D eigenvalue weighted by molar-refractivity contribution is 0.121. The minimum Gasteiger partial charge on any atom is -0.380 e. The highest BCUT2D eigenvalue weighted by Gasteiger charge is 2.21. The van der Waals surface area contributed by atoms with E-state index in [1.807, 2.05) is 41.8 Å². The predicted octanol–water partition coefficient (Wildman–Crippen LogP) is 3.29. The normalized spacial score (nSPS) is 17.3. The highest BCUT2D eigenvalue weighted by Crippen LogP contribution is 2.23. The van der Waals surface area contributed by atoms with Crippen LogP contribution < -0.4 is 15.5 Å². The van der Waals surface area contributed by atoms with E-state index in [2.05, 4.69) is 15.5 Å². The van der Waals surface area contributed by atoms with Crippen LogP contribution in [0.3, 0.4) is 0 Å². The van der Waals surface area contributed by atoms with Gasteiger partial charge in [0.25, 0.3) is 0 Å². The van der Waals surface area contributed by atoms with E-state index >= 15 is 0 Å². The number of thiophene rings is 1. The summed E-state index contributed by atoms with van der Waals surface area (Å²) in [6, 6.07) is 11.7. The van der Waals surface area contributed by atoms with Crippen molar-refractivity contribution in [1.82, 2.24) is 5.32 Å². The fourth-order valence-electron chi connectivity index (χ4n) is 2.67. The van der Waals surface area contributed by atoms with Gasteiger partial charge in [0.2, 0.25) is 0 Å². The third-order valence-electron chi connectivity index (χ3n) is 3.97. The molecular weight excluding hydrogens is 310 g/mol. The Kier molecular flexibility index (Phi) is 5.15. The van der Waals surface area contributed by atoms with Gasteiger partial charge in [-0.1, -0.05) is 6.07 Å². The van der Waals surface area contributed by atoms with Crippen molar-refractivity contribution in [3.05, 3.63) is 46.7 Å². The van der Waals surface area contributed by atoms with Gasteiger partial charge in [-0.25, -0.2) is 4.79 Å². The monoisotopic (exact) mass is 331 g/mol. The molecule has 1 atom stereocenters. The van der Waals surface area contributed by atoms with E-state index in [0.717, 1.165) is 35.8 Å². The number of methoxy groups -OCH3 is 1. The van der Waals surface area contributed by atoms with Crippen LogP contribution >= 0.6 is 11.3 Å². The minimum absolute atomic E-state index is 0.188. The largest absolute Gasteiger partial charge is 0.380 e. The van der Waals surface area contributed by atoms with Crippen molar-refractivity contribution in [2.75, 3.05) is 30.4 Å². The summed E-state index contributed by atoms with van der Waals surface area (Å²) in [5, 5.41) is 7.70. The van der Waals surface area contributed by atoms with Crippen LogP contribution in [0.2, 0.25) is 0 Å². The van der Waals surface area contributed by atoms with Gasteiger partial charge in [0.15, 0.2) is 0 Å². The van der Waals surface area contributed by atoms with Crippen LogP contribution in [0.5, 0.6) is 0 Å². The number of carbonyl (C=O) groups excluding carboxylic acids is 1. The summed E-state index contributed by atoms with van der Waals surface area (Å²) < 4.78 is 5.39. The van der Waals surface area contributed by atoms with Crippen molar-refractivity contribution in [2.24, 2.45) is 0 Å². The van der Waals surface area contributed by atoms with Gasteiger partial charge in [-0.15, -0.1) is 11.3 Å². The zero-order chi connectivity index (χ0) is 16.1. The topological polar surface area (TPSA) is 53.6 Å². The van der Waals surface area contributed by atoms with E-state index in [0.29, 0.717) is 12.6 Å². The molecule has 6 heteroatoms. The van der Waals surface area contributed by atoms with Gasteiger partial charge in [-0.05, 0) is 42.1 Å². The molecule has 2 heterocycles. The Balaban J connectivity index is 1.50. The van der Waals surface area contributed by atoms with Crippen LogP contribution in [0.4, 0.5) is 16.2 Å². The molecular formula is C17H21N3O2S. The molecule has 1 aliphatic rings. The maximum atomic E-state index is 11.9. The zero-order valence-corrected chi connectivity index (χ0v) is 13.9. The fourth-order valence-corrected chi connectivity index (χ4v) is 3.31. The Hall–Kier alpha value is -2.05. The van der Waals surface area contributed by atoms with Crippen LogP contribution in [0.15, 0.2) is 41.8 Å². The van der Waals surface area contributed by atoms with E-state index in [-0.39, 0.29) is 6.03 Å². The summed E-state index contributed by atoms with van der Waals surface area (Å²) in [6.07, 6.45) is 1.37. The number of hydrogen-bond acceptors (Lipinski definition) is 4. The van der Waals surface area contributed by atoms with Crippen molar-refractivity contribution in [3.8, 4) is 0 Å². The number of nitrogens with zero attached hydrogens (tertiary/aromatic N) is 1. The summed E-state index contributed by atoms with van der Waals surface area (Å²) in [4.78, 5) is 15.3. The van der Waals surface area contributed by atoms with Crippen LogP contribution in [-0.2, 0) is 11.3 Å². The van der Waals surface area contributed by atoms with Crippen molar-refractivity contribution in [2.45, 2.75) is 19.1 Å². The number of benzene rings is 1. The molecule has 3 rings (SSSR count). The molecule has 0 spiro atoms. The number of hydrogen-bond donors (Lipinski definition) is 2. The van der Waals surface area contributed by atoms with Gasteiger partial charge < -0.3 is 20.3 Å². The summed E-state index contributed by atoms with van der Waals surface area (Å²) in [5.41, 5.74) is 1.95. The van der Waals surface area contributed by atoms with Crippen LogP contribution in [0.1, 0.15) is 11.3 Å². The van der Waals surface area contributed by atoms with E-state index in [1.54, 1.807) is 18.4 Å². The first kappa shape index (κ1) is 15.8. The molecule has 0 radical (unpaired) electrons. The van der Waals surface area contributed by atoms with Crippen molar-refractivity contribution in [1.29, 1.82) is 0 Å². The lowest BCUT2D eigenvalue weighted by Crippen LogP contribution is -2.27. The Morgan fingerprint density at radius 1 is 1.35 bits per heavy atom. The number of urea groups is 1. The zero-order valence-electron chi connectivity index (χ0n) is 13.1. The van der Waals surface area contributed by atoms with E-state index in [9.17, 15) is 4.79 Å². The third-order valence-corrected chi connectivity index (χ3v) is 4.85. The van der Waals surface area contributed by atoms with Gasteiger partial charge in [0, 0.05) is 36.5 Å². The van der Waals surface area contributed by atoms with E-state index in [4.69, 9.17) is 4.74 Å². The highest BCUT2D eigenvalue weighted by molar-refractivity contribution is 7.09. The second kappa shape index (κ2) is 7.48. The minimum atomic E-state index is -0.188. The first-order valence-corrected chi connectivity index (χ1v) is 8.57. The number of rotatable bonds is 5. The molecule has 1 fully saturated rings. The summed E-state index contributed by atoms with van der Waals surface area (Å²) in [5.74, 6) is 0. The molecule has 5 nitrogen and oxygen atoms in total. The maximum Gasteiger partial charge on any atom is 0.319 e. The number of carbonyl (C=O) groups is 1. The molecule has 23 heavy (non-hydrogen) atoms. The molecule has 1 aromatic heterocycles. The quantitative estimate of drug-likeness (QED) is 0.884. The Bertz CT molecular complexity index is 628. The van der Waals surface area contributed by atoms with Crippen LogP contribution in [-0.4, -0.2) is 32.3 Å². The lowest BCUT2D eigenvalue weighted by Gasteiger charge is -2.18. The smallest absolute Gasteiger partial charge is 0.319 e. The molecule has 2 amide bonds. The molecule has 1 saturated heterocycles. The average molecular weight is 331 g/mol. The molecule has 0 unspecified atom stereocenters. The molecule has 0 bridgehead atoms. The molecule has 1 aromatic carbocycles. The van der Waals surface area contributed by atoms with Gasteiger partial charge in [-0.2, -0.15) is 0 Å². The molecule has 1 aliphatic heterocycles. The summed E-state index contributed by atoms with van der Waals surface area (Å²) in [7, 11) is 1.76. The Morgan fingerprint density at radius 3 is 2.83 bits per heavy atom. The molecule has 122 valence electrons. The van der Waals surface area contributed by atoms with E-state index < -0.39 is 0 Å². The average Bonchev–Trinajstić information content (AvgIpc) is 3.25. The first-order valence-electron chi connectivity index (χ1n) is 7.69. The second-order valence-corrected chi connectivity index (χ2v) is 6.56. The molecule has 2 aromatic rings. The lowest BCUT2D eigenvalue weighted by atomic mass is 10.2. The fraction of sp³-hybridized carbons (Fsp3) is 0.353. The van der Waals surface area contributed by atoms with Crippen molar-refractivity contribution < 1.29 is 9.53 Å². The maximum absolute atomic E-state index is 11.9. The van der Waals surface area contributed by atoms with Gasteiger partial charge in [0.05, 0.1) is 12.6 Å². The second-order valence-electron chi connectivity index (χ2n) is 5.53. The number of ether oxygens (including phenoxy) is 1. The van der Waals surface area contributed by atoms with Gasteiger partial charge >= 0.3 is 6.03 Å². The van der Waals surface area contributed by atoms with Crippen molar-refractivity contribution >= 4 is 28.7 Å². The summed E-state index contributed by atoms with van der Waals surface area (Å²) in [6.45, 7) is 2.48. The van der Waals surface area contributed by atoms with Crippen molar-refractivity contribution in [3.63, 3.8) is 0 Å². The summed E-state index contributed by atoms with van der Waals surface area (Å²) >= 11 is 1.63. The molecule has 2 N–H and O–H groups in total. The number of amides is 2. The van der Waals surface area contributed by atoms with Gasteiger partial charge in [0.1, 0.15) is 0 Å². The SMILES string of the molecule is CO[C@H]1CCN(c2ccc(NC(=O)NCc3cccs3)cc2)C1. The Morgan fingerprint density at radius 2 is 2.17 bits per heavy atom. The van der Waals surface area contributed by atoms with Crippen LogP contribution in [0.25, 0.3) is 0 Å². The standard InChI is InChI=1S/C17H21N3O2S/c1-22-15-8-9-20(12-15)14-6-4-13(5-7-14)19-17(21)18-11-16-3-2-10-23-16/h2-7,10,15H,8-9,11-12H2,1H3,(H2,18,19,21)/t15-/m0/s1.